The Morgan fingerprint density at radius 2 is 1.67 bits per heavy atom. The lowest BCUT2D eigenvalue weighted by Crippen LogP contribution is -2.17. The van der Waals surface area contributed by atoms with Crippen molar-refractivity contribution in [2.45, 2.75) is 51.9 Å². The molecule has 2 fully saturated rings. The van der Waals surface area contributed by atoms with Gasteiger partial charge in [0.1, 0.15) is 5.82 Å². The zero-order chi connectivity index (χ0) is 15.0. The maximum atomic E-state index is 12.1. The van der Waals surface area contributed by atoms with Crippen molar-refractivity contribution in [3.8, 4) is 0 Å². The molecule has 1 heterocycles. The first kappa shape index (κ1) is 14.2. The number of hydrogen-bond donors (Lipinski definition) is 1. The summed E-state index contributed by atoms with van der Waals surface area (Å²) in [4.78, 5) is 20.8. The van der Waals surface area contributed by atoms with Gasteiger partial charge in [-0.3, -0.25) is 4.79 Å². The smallest absolute Gasteiger partial charge is 0.248 e. The number of amides is 1. The Labute approximate surface area is 126 Å². The molecule has 4 nitrogen and oxygen atoms in total. The van der Waals surface area contributed by atoms with Crippen LogP contribution in [0.4, 0.5) is 5.69 Å². The summed E-state index contributed by atoms with van der Waals surface area (Å²) < 4.78 is 0. The minimum Gasteiger partial charge on any atom is -0.320 e. The van der Waals surface area contributed by atoms with Gasteiger partial charge >= 0.3 is 0 Å². The number of anilines is 1. The summed E-state index contributed by atoms with van der Waals surface area (Å²) in [7, 11) is 0. The summed E-state index contributed by atoms with van der Waals surface area (Å²) in [5, 5.41) is 2.88. The van der Waals surface area contributed by atoms with E-state index in [1.54, 1.807) is 12.4 Å². The predicted molar refractivity (Wildman–Crippen MR) is 82.9 cm³/mol. The Morgan fingerprint density at radius 1 is 1.14 bits per heavy atom. The fourth-order valence-corrected chi connectivity index (χ4v) is 2.51. The third-order valence-corrected chi connectivity index (χ3v) is 3.99. The van der Waals surface area contributed by atoms with E-state index in [0.29, 0.717) is 17.5 Å². The van der Waals surface area contributed by atoms with Crippen molar-refractivity contribution in [3.63, 3.8) is 0 Å². The van der Waals surface area contributed by atoms with Crippen LogP contribution in [0.2, 0.25) is 0 Å². The Bertz CT molecular complexity index is 547. The molecule has 1 amide bonds. The average molecular weight is 285 g/mol. The second-order valence-electron chi connectivity index (χ2n) is 7.23. The number of carbonyl (C=O) groups is 1. The molecule has 0 bridgehead atoms. The molecular formula is C17H23N3O. The average Bonchev–Trinajstić information content (AvgIpc) is 3.27. The highest BCUT2D eigenvalue weighted by molar-refractivity contribution is 5.99. The van der Waals surface area contributed by atoms with Gasteiger partial charge in [0.2, 0.25) is 5.91 Å². The lowest BCUT2D eigenvalue weighted by Gasteiger charge is -2.16. The van der Waals surface area contributed by atoms with Gasteiger partial charge in [-0.15, -0.1) is 0 Å². The summed E-state index contributed by atoms with van der Waals surface area (Å²) >= 11 is 0. The van der Waals surface area contributed by atoms with Gasteiger partial charge in [0.05, 0.1) is 18.1 Å². The molecule has 21 heavy (non-hydrogen) atoms. The Kier molecular flexibility index (Phi) is 3.56. The monoisotopic (exact) mass is 285 g/mol. The van der Waals surface area contributed by atoms with Gasteiger partial charge in [-0.05, 0) is 37.5 Å². The van der Waals surface area contributed by atoms with Gasteiger partial charge in [-0.2, -0.15) is 0 Å². The van der Waals surface area contributed by atoms with E-state index in [2.05, 4.69) is 36.1 Å². The van der Waals surface area contributed by atoms with E-state index in [0.717, 1.165) is 5.82 Å². The number of carbonyl (C=O) groups excluding carboxylic acids is 1. The first-order chi connectivity index (χ1) is 9.93. The van der Waals surface area contributed by atoms with Crippen LogP contribution in [0.15, 0.2) is 24.0 Å². The van der Waals surface area contributed by atoms with E-state index in [9.17, 15) is 4.79 Å². The van der Waals surface area contributed by atoms with E-state index in [1.165, 1.54) is 31.3 Å². The van der Waals surface area contributed by atoms with Gasteiger partial charge in [0.25, 0.3) is 0 Å². The fraction of sp³-hybridized carbons (Fsp3) is 0.588. The van der Waals surface area contributed by atoms with Crippen molar-refractivity contribution in [1.82, 2.24) is 9.97 Å². The summed E-state index contributed by atoms with van der Waals surface area (Å²) in [6.07, 6.45) is 10.2. The third-order valence-electron chi connectivity index (χ3n) is 3.99. The van der Waals surface area contributed by atoms with E-state index in [-0.39, 0.29) is 11.3 Å². The standard InChI is InChI=1S/C17H23N3O/c1-17(2,3)16-18-9-13(10-19-16)20-15(21)8-14(11-4-5-11)12-6-7-12/h8-12H,4-7H2,1-3H3,(H,20,21). The summed E-state index contributed by atoms with van der Waals surface area (Å²) in [5.41, 5.74) is 1.95. The molecule has 2 aliphatic carbocycles. The maximum absolute atomic E-state index is 12.1. The molecule has 2 saturated carbocycles. The number of nitrogens with zero attached hydrogens (tertiary/aromatic N) is 2. The first-order valence-electron chi connectivity index (χ1n) is 7.78. The molecule has 0 aromatic carbocycles. The Hall–Kier alpha value is -1.71. The first-order valence-corrected chi connectivity index (χ1v) is 7.78. The van der Waals surface area contributed by atoms with Crippen LogP contribution >= 0.6 is 0 Å². The van der Waals surface area contributed by atoms with Crippen LogP contribution in [-0.2, 0) is 10.2 Å². The number of rotatable bonds is 4. The number of allylic oxidation sites excluding steroid dienone is 1. The van der Waals surface area contributed by atoms with Crippen LogP contribution in [0.5, 0.6) is 0 Å². The zero-order valence-electron chi connectivity index (χ0n) is 13.0. The van der Waals surface area contributed by atoms with Crippen molar-refractivity contribution >= 4 is 11.6 Å². The van der Waals surface area contributed by atoms with Crippen LogP contribution < -0.4 is 5.32 Å². The highest BCUT2D eigenvalue weighted by Crippen LogP contribution is 2.48. The molecule has 0 atom stereocenters. The molecule has 112 valence electrons. The molecule has 1 aromatic rings. The van der Waals surface area contributed by atoms with E-state index in [1.807, 2.05) is 6.08 Å². The lowest BCUT2D eigenvalue weighted by molar-refractivity contribution is -0.112. The highest BCUT2D eigenvalue weighted by Gasteiger charge is 2.36. The van der Waals surface area contributed by atoms with Crippen LogP contribution in [0.3, 0.4) is 0 Å². The quantitative estimate of drug-likeness (QED) is 0.862. The molecule has 2 aliphatic rings. The molecule has 0 spiro atoms. The largest absolute Gasteiger partial charge is 0.320 e. The summed E-state index contributed by atoms with van der Waals surface area (Å²) in [5.74, 6) is 2.08. The molecule has 0 unspecified atom stereocenters. The van der Waals surface area contributed by atoms with Crippen LogP contribution in [0.25, 0.3) is 0 Å². The Balaban J connectivity index is 1.65. The highest BCUT2D eigenvalue weighted by atomic mass is 16.1. The van der Waals surface area contributed by atoms with Crippen molar-refractivity contribution in [3.05, 3.63) is 29.9 Å². The normalized spacial score (nSPS) is 18.2. The minimum atomic E-state index is -0.0758. The predicted octanol–water partition coefficient (Wildman–Crippen LogP) is 3.46. The van der Waals surface area contributed by atoms with Crippen molar-refractivity contribution < 1.29 is 4.79 Å². The minimum absolute atomic E-state index is 0.0455. The molecule has 0 saturated heterocycles. The van der Waals surface area contributed by atoms with E-state index >= 15 is 0 Å². The van der Waals surface area contributed by atoms with Gasteiger partial charge in [0, 0.05) is 11.5 Å². The van der Waals surface area contributed by atoms with E-state index in [4.69, 9.17) is 0 Å². The van der Waals surface area contributed by atoms with E-state index < -0.39 is 0 Å². The lowest BCUT2D eigenvalue weighted by atomic mass is 9.96. The second kappa shape index (κ2) is 5.24. The molecule has 4 heteroatoms. The molecule has 0 radical (unpaired) electrons. The fourth-order valence-electron chi connectivity index (χ4n) is 2.51. The SMILES string of the molecule is CC(C)(C)c1ncc(NC(=O)C=C(C2CC2)C2CC2)cn1. The van der Waals surface area contributed by atoms with Crippen molar-refractivity contribution in [2.24, 2.45) is 11.8 Å². The van der Waals surface area contributed by atoms with Crippen LogP contribution in [0, 0.1) is 11.8 Å². The van der Waals surface area contributed by atoms with Crippen molar-refractivity contribution in [1.29, 1.82) is 0 Å². The Morgan fingerprint density at radius 3 is 2.10 bits per heavy atom. The third kappa shape index (κ3) is 3.69. The summed E-state index contributed by atoms with van der Waals surface area (Å²) in [6.45, 7) is 6.21. The molecule has 0 aliphatic heterocycles. The van der Waals surface area contributed by atoms with Crippen LogP contribution in [-0.4, -0.2) is 15.9 Å². The molecule has 3 rings (SSSR count). The zero-order valence-corrected chi connectivity index (χ0v) is 13.0. The molecule has 1 aromatic heterocycles. The second-order valence-corrected chi connectivity index (χ2v) is 7.23. The van der Waals surface area contributed by atoms with Gasteiger partial charge < -0.3 is 5.32 Å². The number of nitrogens with one attached hydrogen (secondary N) is 1. The van der Waals surface area contributed by atoms with Gasteiger partial charge in [-0.1, -0.05) is 26.3 Å². The molecule has 1 N–H and O–H groups in total. The maximum Gasteiger partial charge on any atom is 0.248 e. The topological polar surface area (TPSA) is 54.9 Å². The van der Waals surface area contributed by atoms with Gasteiger partial charge in [0.15, 0.2) is 0 Å². The van der Waals surface area contributed by atoms with Crippen molar-refractivity contribution in [2.75, 3.05) is 5.32 Å². The molecular weight excluding hydrogens is 262 g/mol. The summed E-state index contributed by atoms with van der Waals surface area (Å²) in [6, 6.07) is 0. The number of hydrogen-bond acceptors (Lipinski definition) is 3. The number of aromatic nitrogens is 2. The van der Waals surface area contributed by atoms with Crippen LogP contribution in [0.1, 0.15) is 52.3 Å². The van der Waals surface area contributed by atoms with Gasteiger partial charge in [-0.25, -0.2) is 9.97 Å².